The quantitative estimate of drug-likeness (QED) is 0.702. The fraction of sp³-hybridized carbons (Fsp3) is 0.111. The molecule has 0 aromatic carbocycles. The van der Waals surface area contributed by atoms with Crippen LogP contribution in [0.1, 0.15) is 5.69 Å². The Bertz CT molecular complexity index is 445. The number of halogens is 2. The minimum Gasteiger partial charge on any atom is -0.244 e. The Morgan fingerprint density at radius 1 is 1.36 bits per heavy atom. The van der Waals surface area contributed by atoms with Crippen LogP contribution in [0.2, 0.25) is 10.2 Å². The van der Waals surface area contributed by atoms with Crippen molar-refractivity contribution in [3.8, 4) is 5.69 Å². The molecule has 0 atom stereocenters. The second-order valence-corrected chi connectivity index (χ2v) is 3.64. The summed E-state index contributed by atoms with van der Waals surface area (Å²) in [7, 11) is 0. The summed E-state index contributed by atoms with van der Waals surface area (Å²) < 4.78 is 1.67. The minimum atomic E-state index is 0.437. The third-order valence-electron chi connectivity index (χ3n) is 1.81. The van der Waals surface area contributed by atoms with Crippen LogP contribution in [0.15, 0.2) is 24.5 Å². The molecule has 0 bridgehead atoms. The predicted molar refractivity (Wildman–Crippen MR) is 56.1 cm³/mol. The first-order chi connectivity index (χ1) is 6.66. The molecule has 0 radical (unpaired) electrons. The van der Waals surface area contributed by atoms with Crippen LogP contribution in [0, 0.1) is 6.92 Å². The average molecular weight is 228 g/mol. The average Bonchev–Trinajstić information content (AvgIpc) is 2.47. The van der Waals surface area contributed by atoms with Crippen molar-refractivity contribution in [2.45, 2.75) is 6.92 Å². The van der Waals surface area contributed by atoms with Gasteiger partial charge in [-0.2, -0.15) is 5.10 Å². The minimum absolute atomic E-state index is 0.437. The number of rotatable bonds is 1. The number of hydrogen-bond acceptors (Lipinski definition) is 2. The highest BCUT2D eigenvalue weighted by molar-refractivity contribution is 6.31. The number of nitrogens with zero attached hydrogens (tertiary/aromatic N) is 3. The van der Waals surface area contributed by atoms with Gasteiger partial charge in [-0.15, -0.1) is 0 Å². The van der Waals surface area contributed by atoms with Crippen LogP contribution in [0.25, 0.3) is 5.69 Å². The van der Waals surface area contributed by atoms with E-state index in [1.807, 2.05) is 13.0 Å². The molecule has 2 aromatic rings. The molecule has 0 unspecified atom stereocenters. The summed E-state index contributed by atoms with van der Waals surface area (Å²) in [5.41, 5.74) is 1.64. The molecule has 0 saturated carbocycles. The molecule has 0 fully saturated rings. The second kappa shape index (κ2) is 3.59. The van der Waals surface area contributed by atoms with E-state index in [1.165, 1.54) is 0 Å². The van der Waals surface area contributed by atoms with E-state index in [9.17, 15) is 0 Å². The Hall–Kier alpha value is -1.06. The van der Waals surface area contributed by atoms with Crippen molar-refractivity contribution < 1.29 is 0 Å². The van der Waals surface area contributed by atoms with Crippen LogP contribution in [-0.2, 0) is 0 Å². The smallest absolute Gasteiger partial charge is 0.131 e. The highest BCUT2D eigenvalue weighted by Crippen LogP contribution is 2.17. The van der Waals surface area contributed by atoms with Gasteiger partial charge in [0.15, 0.2) is 0 Å². The molecule has 0 spiro atoms. The highest BCUT2D eigenvalue weighted by Gasteiger charge is 2.03. The van der Waals surface area contributed by atoms with E-state index in [0.717, 1.165) is 11.4 Å². The van der Waals surface area contributed by atoms with E-state index in [-0.39, 0.29) is 0 Å². The number of aryl methyl sites for hydroxylation is 1. The highest BCUT2D eigenvalue weighted by atomic mass is 35.5. The van der Waals surface area contributed by atoms with Crippen molar-refractivity contribution in [3.63, 3.8) is 0 Å². The van der Waals surface area contributed by atoms with Gasteiger partial charge in [-0.3, -0.25) is 0 Å². The lowest BCUT2D eigenvalue weighted by Crippen LogP contribution is -1.94. The molecule has 5 heteroatoms. The first-order valence-corrected chi connectivity index (χ1v) is 4.76. The lowest BCUT2D eigenvalue weighted by Gasteiger charge is -1.99. The van der Waals surface area contributed by atoms with Crippen LogP contribution in [0.3, 0.4) is 0 Å². The van der Waals surface area contributed by atoms with Gasteiger partial charge in [-0.1, -0.05) is 23.2 Å². The maximum absolute atomic E-state index is 5.89. The monoisotopic (exact) mass is 227 g/mol. The summed E-state index contributed by atoms with van der Waals surface area (Å²) >= 11 is 11.6. The molecule has 0 aliphatic rings. The van der Waals surface area contributed by atoms with Gasteiger partial charge in [0.2, 0.25) is 0 Å². The van der Waals surface area contributed by atoms with E-state index in [4.69, 9.17) is 23.2 Å². The van der Waals surface area contributed by atoms with Crippen molar-refractivity contribution in [1.82, 2.24) is 14.8 Å². The Balaban J connectivity index is 2.49. The van der Waals surface area contributed by atoms with Crippen LogP contribution in [0.4, 0.5) is 0 Å². The molecule has 0 aliphatic heterocycles. The molecule has 72 valence electrons. The summed E-state index contributed by atoms with van der Waals surface area (Å²) in [6, 6.07) is 3.54. The molecule has 0 amide bonds. The fourth-order valence-electron chi connectivity index (χ4n) is 1.11. The number of hydrogen-bond donors (Lipinski definition) is 0. The van der Waals surface area contributed by atoms with Gasteiger partial charge in [0.25, 0.3) is 0 Å². The maximum Gasteiger partial charge on any atom is 0.131 e. The lowest BCUT2D eigenvalue weighted by molar-refractivity contribution is 0.860. The van der Waals surface area contributed by atoms with Crippen LogP contribution >= 0.6 is 23.2 Å². The van der Waals surface area contributed by atoms with E-state index in [1.54, 1.807) is 23.1 Å². The second-order valence-electron chi connectivity index (χ2n) is 2.84. The van der Waals surface area contributed by atoms with E-state index in [0.29, 0.717) is 10.2 Å². The summed E-state index contributed by atoms with van der Waals surface area (Å²) in [5, 5.41) is 5.29. The van der Waals surface area contributed by atoms with Gasteiger partial charge < -0.3 is 0 Å². The molecular weight excluding hydrogens is 221 g/mol. The standard InChI is InChI=1S/C9H7Cl2N3/c1-6-8(10)5-14(13-6)7-2-3-12-9(11)4-7/h2-5H,1H3. The predicted octanol–water partition coefficient (Wildman–Crippen LogP) is 2.88. The zero-order valence-corrected chi connectivity index (χ0v) is 8.92. The summed E-state index contributed by atoms with van der Waals surface area (Å²) in [6.07, 6.45) is 3.37. The van der Waals surface area contributed by atoms with Crippen molar-refractivity contribution in [2.75, 3.05) is 0 Å². The summed E-state index contributed by atoms with van der Waals surface area (Å²) in [4.78, 5) is 3.89. The van der Waals surface area contributed by atoms with Crippen molar-refractivity contribution in [1.29, 1.82) is 0 Å². The van der Waals surface area contributed by atoms with E-state index in [2.05, 4.69) is 10.1 Å². The molecule has 0 aliphatic carbocycles. The van der Waals surface area contributed by atoms with E-state index >= 15 is 0 Å². The summed E-state index contributed by atoms with van der Waals surface area (Å²) in [6.45, 7) is 1.85. The molecule has 14 heavy (non-hydrogen) atoms. The Labute approximate surface area is 91.3 Å². The normalized spacial score (nSPS) is 10.5. The first kappa shape index (κ1) is 9.49. The summed E-state index contributed by atoms with van der Waals surface area (Å²) in [5.74, 6) is 0. The van der Waals surface area contributed by atoms with Crippen molar-refractivity contribution >= 4 is 23.2 Å². The molecular formula is C9H7Cl2N3. The fourth-order valence-corrected chi connectivity index (χ4v) is 1.40. The van der Waals surface area contributed by atoms with Gasteiger partial charge in [0.1, 0.15) is 5.15 Å². The van der Waals surface area contributed by atoms with Gasteiger partial charge in [-0.25, -0.2) is 9.67 Å². The van der Waals surface area contributed by atoms with Gasteiger partial charge in [0.05, 0.1) is 16.4 Å². The van der Waals surface area contributed by atoms with Gasteiger partial charge in [-0.05, 0) is 13.0 Å². The number of aromatic nitrogens is 3. The van der Waals surface area contributed by atoms with Crippen LogP contribution < -0.4 is 0 Å². The topological polar surface area (TPSA) is 30.7 Å². The lowest BCUT2D eigenvalue weighted by atomic mass is 10.4. The van der Waals surface area contributed by atoms with Gasteiger partial charge in [0, 0.05) is 18.5 Å². The molecule has 3 nitrogen and oxygen atoms in total. The molecule has 0 N–H and O–H groups in total. The third kappa shape index (κ3) is 1.74. The van der Waals surface area contributed by atoms with Gasteiger partial charge >= 0.3 is 0 Å². The number of pyridine rings is 1. The Morgan fingerprint density at radius 2 is 2.14 bits per heavy atom. The molecule has 0 saturated heterocycles. The largest absolute Gasteiger partial charge is 0.244 e. The Kier molecular flexibility index (Phi) is 2.44. The van der Waals surface area contributed by atoms with Crippen LogP contribution in [0.5, 0.6) is 0 Å². The molecule has 2 heterocycles. The molecule has 2 rings (SSSR count). The van der Waals surface area contributed by atoms with E-state index < -0.39 is 0 Å². The first-order valence-electron chi connectivity index (χ1n) is 4.00. The third-order valence-corrected chi connectivity index (χ3v) is 2.39. The zero-order chi connectivity index (χ0) is 10.1. The zero-order valence-electron chi connectivity index (χ0n) is 7.41. The van der Waals surface area contributed by atoms with Crippen molar-refractivity contribution in [3.05, 3.63) is 40.4 Å². The van der Waals surface area contributed by atoms with Crippen molar-refractivity contribution in [2.24, 2.45) is 0 Å². The Morgan fingerprint density at radius 3 is 2.71 bits per heavy atom. The SMILES string of the molecule is Cc1nn(-c2ccnc(Cl)c2)cc1Cl. The molecule has 2 aromatic heterocycles. The maximum atomic E-state index is 5.89. The van der Waals surface area contributed by atoms with Crippen LogP contribution in [-0.4, -0.2) is 14.8 Å².